The molecule has 0 atom stereocenters. The summed E-state index contributed by atoms with van der Waals surface area (Å²) in [6, 6.07) is 11.9. The highest BCUT2D eigenvalue weighted by Gasteiger charge is 2.04. The van der Waals surface area contributed by atoms with E-state index in [-0.39, 0.29) is 0 Å². The molecule has 1 aromatic heterocycles. The van der Waals surface area contributed by atoms with E-state index in [2.05, 4.69) is 35.4 Å². The second kappa shape index (κ2) is 6.09. The molecule has 0 aliphatic heterocycles. The number of anilines is 2. The van der Waals surface area contributed by atoms with Gasteiger partial charge in [0.25, 0.3) is 0 Å². The fourth-order valence-electron chi connectivity index (χ4n) is 1.96. The van der Waals surface area contributed by atoms with Crippen molar-refractivity contribution in [3.63, 3.8) is 0 Å². The molecule has 2 aromatic rings. The number of nitrogens with zero attached hydrogens (tertiary/aromatic N) is 1. The SMILES string of the molecule is CCc1ccccc1CNc1nc(OC)ccc1N. The lowest BCUT2D eigenvalue weighted by molar-refractivity contribution is 0.398. The molecule has 0 saturated heterocycles. The molecule has 2 rings (SSSR count). The zero-order valence-corrected chi connectivity index (χ0v) is 11.3. The minimum absolute atomic E-state index is 0.556. The Labute approximate surface area is 113 Å². The van der Waals surface area contributed by atoms with Crippen LogP contribution in [-0.2, 0) is 13.0 Å². The van der Waals surface area contributed by atoms with Gasteiger partial charge in [-0.2, -0.15) is 4.98 Å². The molecule has 4 nitrogen and oxygen atoms in total. The highest BCUT2D eigenvalue weighted by atomic mass is 16.5. The summed E-state index contributed by atoms with van der Waals surface area (Å²) >= 11 is 0. The lowest BCUT2D eigenvalue weighted by Crippen LogP contribution is -2.07. The van der Waals surface area contributed by atoms with Crippen LogP contribution in [0.25, 0.3) is 0 Å². The van der Waals surface area contributed by atoms with Crippen LogP contribution >= 0.6 is 0 Å². The van der Waals surface area contributed by atoms with Crippen molar-refractivity contribution in [1.82, 2.24) is 4.98 Å². The molecule has 3 N–H and O–H groups in total. The molecule has 19 heavy (non-hydrogen) atoms. The number of rotatable bonds is 5. The molecule has 0 fully saturated rings. The maximum atomic E-state index is 5.90. The number of hydrogen-bond donors (Lipinski definition) is 2. The van der Waals surface area contributed by atoms with Crippen molar-refractivity contribution in [3.8, 4) is 5.88 Å². The Morgan fingerprint density at radius 1 is 1.16 bits per heavy atom. The molecule has 0 bridgehead atoms. The van der Waals surface area contributed by atoms with Crippen molar-refractivity contribution >= 4 is 11.5 Å². The second-order valence-corrected chi connectivity index (χ2v) is 4.27. The average molecular weight is 257 g/mol. The number of ether oxygens (including phenoxy) is 1. The van der Waals surface area contributed by atoms with Gasteiger partial charge in [-0.25, -0.2) is 0 Å². The number of benzene rings is 1. The summed E-state index contributed by atoms with van der Waals surface area (Å²) in [4.78, 5) is 4.30. The number of aromatic nitrogens is 1. The molecular weight excluding hydrogens is 238 g/mol. The first-order valence-corrected chi connectivity index (χ1v) is 6.35. The topological polar surface area (TPSA) is 60.2 Å². The summed E-state index contributed by atoms with van der Waals surface area (Å²) < 4.78 is 5.10. The van der Waals surface area contributed by atoms with Crippen LogP contribution in [-0.4, -0.2) is 12.1 Å². The van der Waals surface area contributed by atoms with E-state index >= 15 is 0 Å². The Kier molecular flexibility index (Phi) is 4.23. The molecule has 0 aliphatic carbocycles. The van der Waals surface area contributed by atoms with Gasteiger partial charge in [0, 0.05) is 12.6 Å². The number of pyridine rings is 1. The molecule has 100 valence electrons. The minimum Gasteiger partial charge on any atom is -0.481 e. The van der Waals surface area contributed by atoms with Crippen molar-refractivity contribution in [2.24, 2.45) is 0 Å². The zero-order valence-electron chi connectivity index (χ0n) is 11.3. The lowest BCUT2D eigenvalue weighted by atomic mass is 10.1. The van der Waals surface area contributed by atoms with Gasteiger partial charge in [0.05, 0.1) is 12.8 Å². The van der Waals surface area contributed by atoms with Gasteiger partial charge in [0.15, 0.2) is 5.82 Å². The molecule has 1 aromatic carbocycles. The fourth-order valence-corrected chi connectivity index (χ4v) is 1.96. The monoisotopic (exact) mass is 257 g/mol. The molecule has 0 unspecified atom stereocenters. The van der Waals surface area contributed by atoms with Crippen LogP contribution in [0.3, 0.4) is 0 Å². The van der Waals surface area contributed by atoms with Crippen LogP contribution in [0, 0.1) is 0 Å². The van der Waals surface area contributed by atoms with Gasteiger partial charge in [0.2, 0.25) is 5.88 Å². The number of methoxy groups -OCH3 is 1. The molecular formula is C15H19N3O. The van der Waals surface area contributed by atoms with Gasteiger partial charge < -0.3 is 15.8 Å². The normalized spacial score (nSPS) is 10.2. The van der Waals surface area contributed by atoms with Gasteiger partial charge in [-0.15, -0.1) is 0 Å². The van der Waals surface area contributed by atoms with Crippen LogP contribution in [0.15, 0.2) is 36.4 Å². The zero-order chi connectivity index (χ0) is 13.7. The van der Waals surface area contributed by atoms with E-state index in [4.69, 9.17) is 10.5 Å². The third-order valence-corrected chi connectivity index (χ3v) is 3.06. The van der Waals surface area contributed by atoms with Gasteiger partial charge >= 0.3 is 0 Å². The summed E-state index contributed by atoms with van der Waals surface area (Å²) in [6.07, 6.45) is 1.01. The minimum atomic E-state index is 0.556. The number of aryl methyl sites for hydroxylation is 1. The molecule has 0 radical (unpaired) electrons. The van der Waals surface area contributed by atoms with Gasteiger partial charge in [0.1, 0.15) is 0 Å². The Hall–Kier alpha value is -2.23. The second-order valence-electron chi connectivity index (χ2n) is 4.27. The van der Waals surface area contributed by atoms with Crippen molar-refractivity contribution in [2.75, 3.05) is 18.2 Å². The number of nitrogens with one attached hydrogen (secondary N) is 1. The van der Waals surface area contributed by atoms with Crippen LogP contribution < -0.4 is 15.8 Å². The third kappa shape index (κ3) is 3.16. The highest BCUT2D eigenvalue weighted by Crippen LogP contribution is 2.20. The highest BCUT2D eigenvalue weighted by molar-refractivity contribution is 5.62. The molecule has 4 heteroatoms. The molecule has 1 heterocycles. The van der Waals surface area contributed by atoms with Gasteiger partial charge in [-0.1, -0.05) is 31.2 Å². The summed E-state index contributed by atoms with van der Waals surface area (Å²) in [5.41, 5.74) is 9.11. The van der Waals surface area contributed by atoms with Crippen molar-refractivity contribution < 1.29 is 4.74 Å². The Bertz CT molecular complexity index is 555. The van der Waals surface area contributed by atoms with Crippen molar-refractivity contribution in [2.45, 2.75) is 19.9 Å². The van der Waals surface area contributed by atoms with E-state index in [9.17, 15) is 0 Å². The predicted octanol–water partition coefficient (Wildman–Crippen LogP) is 2.85. The largest absolute Gasteiger partial charge is 0.481 e. The Balaban J connectivity index is 2.14. The molecule has 0 aliphatic rings. The first-order chi connectivity index (χ1) is 9.24. The van der Waals surface area contributed by atoms with E-state index in [0.29, 0.717) is 23.9 Å². The molecule has 0 amide bonds. The average Bonchev–Trinajstić information content (AvgIpc) is 2.46. The van der Waals surface area contributed by atoms with E-state index in [1.54, 1.807) is 19.2 Å². The predicted molar refractivity (Wildman–Crippen MR) is 78.3 cm³/mol. The number of nitrogen functional groups attached to an aromatic ring is 1. The standard InChI is InChI=1S/C15H19N3O/c1-3-11-6-4-5-7-12(11)10-17-15-13(16)8-9-14(18-15)19-2/h4-9H,3,10,16H2,1-2H3,(H,17,18). The first kappa shape index (κ1) is 13.2. The Morgan fingerprint density at radius 2 is 1.89 bits per heavy atom. The van der Waals surface area contributed by atoms with E-state index in [0.717, 1.165) is 6.42 Å². The molecule has 0 spiro atoms. The van der Waals surface area contributed by atoms with Crippen LogP contribution in [0.5, 0.6) is 5.88 Å². The summed E-state index contributed by atoms with van der Waals surface area (Å²) in [7, 11) is 1.59. The Morgan fingerprint density at radius 3 is 2.58 bits per heavy atom. The van der Waals surface area contributed by atoms with Gasteiger partial charge in [-0.05, 0) is 23.6 Å². The maximum Gasteiger partial charge on any atom is 0.215 e. The van der Waals surface area contributed by atoms with E-state index in [1.165, 1.54) is 11.1 Å². The van der Waals surface area contributed by atoms with Crippen molar-refractivity contribution in [1.29, 1.82) is 0 Å². The lowest BCUT2D eigenvalue weighted by Gasteiger charge is -2.12. The van der Waals surface area contributed by atoms with Crippen LogP contribution in [0.4, 0.5) is 11.5 Å². The smallest absolute Gasteiger partial charge is 0.215 e. The third-order valence-electron chi connectivity index (χ3n) is 3.06. The van der Waals surface area contributed by atoms with Crippen LogP contribution in [0.1, 0.15) is 18.1 Å². The molecule has 0 saturated carbocycles. The number of nitrogens with two attached hydrogens (primary N) is 1. The van der Waals surface area contributed by atoms with E-state index in [1.807, 2.05) is 6.07 Å². The quantitative estimate of drug-likeness (QED) is 0.864. The first-order valence-electron chi connectivity index (χ1n) is 6.35. The van der Waals surface area contributed by atoms with Gasteiger partial charge in [-0.3, -0.25) is 0 Å². The maximum absolute atomic E-state index is 5.90. The summed E-state index contributed by atoms with van der Waals surface area (Å²) in [6.45, 7) is 2.85. The summed E-state index contributed by atoms with van der Waals surface area (Å²) in [5, 5.41) is 3.26. The van der Waals surface area contributed by atoms with Crippen LogP contribution in [0.2, 0.25) is 0 Å². The summed E-state index contributed by atoms with van der Waals surface area (Å²) in [5.74, 6) is 1.21. The van der Waals surface area contributed by atoms with Crippen molar-refractivity contribution in [3.05, 3.63) is 47.5 Å². The van der Waals surface area contributed by atoms with E-state index < -0.39 is 0 Å². The fraction of sp³-hybridized carbons (Fsp3) is 0.267. The number of hydrogen-bond acceptors (Lipinski definition) is 4.